The first-order chi connectivity index (χ1) is 8.60. The van der Waals surface area contributed by atoms with Crippen LogP contribution in [-0.2, 0) is 0 Å². The minimum Gasteiger partial charge on any atom is -0.317 e. The number of hydrazine groups is 1. The molecular weight excluding hydrogens is 226 g/mol. The Balaban J connectivity index is 2.23. The summed E-state index contributed by atoms with van der Waals surface area (Å²) in [7, 11) is 0. The highest BCUT2D eigenvalue weighted by Gasteiger charge is 2.40. The Morgan fingerprint density at radius 1 is 1.33 bits per heavy atom. The molecule has 1 aromatic rings. The summed E-state index contributed by atoms with van der Waals surface area (Å²) in [6.07, 6.45) is 2.83. The van der Waals surface area contributed by atoms with Gasteiger partial charge in [0.25, 0.3) is 0 Å². The quantitative estimate of drug-likeness (QED) is 0.859. The molecule has 0 spiro atoms. The van der Waals surface area contributed by atoms with Crippen LogP contribution in [0.4, 0.5) is 10.5 Å². The zero-order chi connectivity index (χ0) is 13.2. The van der Waals surface area contributed by atoms with Gasteiger partial charge >= 0.3 is 6.03 Å². The third-order valence-corrected chi connectivity index (χ3v) is 3.42. The summed E-state index contributed by atoms with van der Waals surface area (Å²) in [5.74, 6) is 0. The molecule has 1 heterocycles. The van der Waals surface area contributed by atoms with Crippen molar-refractivity contribution < 1.29 is 4.79 Å². The van der Waals surface area contributed by atoms with Crippen molar-refractivity contribution in [2.24, 2.45) is 0 Å². The number of aryl methyl sites for hydroxylation is 1. The van der Waals surface area contributed by atoms with Crippen molar-refractivity contribution in [3.63, 3.8) is 0 Å². The molecule has 18 heavy (non-hydrogen) atoms. The lowest BCUT2D eigenvalue weighted by atomic mass is 10.0. The summed E-state index contributed by atoms with van der Waals surface area (Å²) in [5, 5.41) is 4.68. The van der Waals surface area contributed by atoms with E-state index in [1.54, 1.807) is 5.01 Å². The smallest absolute Gasteiger partial charge is 0.317 e. The van der Waals surface area contributed by atoms with Crippen LogP contribution in [-0.4, -0.2) is 11.7 Å². The largest absolute Gasteiger partial charge is 0.338 e. The number of hydrogen-bond acceptors (Lipinski definition) is 2. The summed E-state index contributed by atoms with van der Waals surface area (Å²) in [5.41, 5.74) is 5.06. The van der Waals surface area contributed by atoms with Gasteiger partial charge in [-0.3, -0.25) is 0 Å². The van der Waals surface area contributed by atoms with E-state index >= 15 is 0 Å². The van der Waals surface area contributed by atoms with Crippen LogP contribution < -0.4 is 15.8 Å². The molecule has 0 bridgehead atoms. The van der Waals surface area contributed by atoms with Crippen LogP contribution in [0.5, 0.6) is 0 Å². The lowest BCUT2D eigenvalue weighted by molar-refractivity contribution is 0.242. The molecule has 1 unspecified atom stereocenters. The highest BCUT2D eigenvalue weighted by Crippen LogP contribution is 2.24. The van der Waals surface area contributed by atoms with Crippen LogP contribution in [0.25, 0.3) is 0 Å². The molecule has 0 aromatic heterocycles. The van der Waals surface area contributed by atoms with Gasteiger partial charge in [-0.2, -0.15) is 0 Å². The lowest BCUT2D eigenvalue weighted by Gasteiger charge is -2.27. The Morgan fingerprint density at radius 3 is 2.72 bits per heavy atom. The molecule has 1 fully saturated rings. The second kappa shape index (κ2) is 4.98. The number of benzene rings is 1. The predicted octanol–water partition coefficient (Wildman–Crippen LogP) is 2.94. The number of carbonyl (C=O) groups is 1. The van der Waals surface area contributed by atoms with Gasteiger partial charge in [-0.25, -0.2) is 15.2 Å². The molecule has 4 heteroatoms. The Labute approximate surface area is 108 Å². The Morgan fingerprint density at radius 2 is 2.11 bits per heavy atom. The van der Waals surface area contributed by atoms with E-state index < -0.39 is 0 Å². The fraction of sp³-hybridized carbons (Fsp3) is 0.500. The lowest BCUT2D eigenvalue weighted by Crippen LogP contribution is -2.50. The molecule has 98 valence electrons. The highest BCUT2D eigenvalue weighted by atomic mass is 16.2. The molecule has 1 aromatic carbocycles. The summed E-state index contributed by atoms with van der Waals surface area (Å²) >= 11 is 0. The van der Waals surface area contributed by atoms with Gasteiger partial charge in [0.2, 0.25) is 0 Å². The summed E-state index contributed by atoms with van der Waals surface area (Å²) in [4.78, 5) is 12.1. The topological polar surface area (TPSA) is 44.4 Å². The number of nitrogens with one attached hydrogen (secondary N) is 2. The molecule has 2 rings (SSSR count). The van der Waals surface area contributed by atoms with E-state index in [0.717, 1.165) is 30.5 Å². The van der Waals surface area contributed by atoms with Gasteiger partial charge in [-0.15, -0.1) is 0 Å². The first-order valence-electron chi connectivity index (χ1n) is 6.57. The zero-order valence-electron chi connectivity index (χ0n) is 11.3. The number of anilines is 1. The van der Waals surface area contributed by atoms with Gasteiger partial charge in [0.15, 0.2) is 0 Å². The van der Waals surface area contributed by atoms with Crippen molar-refractivity contribution >= 4 is 11.7 Å². The third kappa shape index (κ3) is 2.34. The standard InChI is InChI=1S/C14H21N3O/c1-4-9-14(5-2)15-13(18)17(16-14)12-8-6-7-11(3)10-12/h6-8,10,16H,4-5,9H2,1-3H3,(H,15,18). The Kier molecular flexibility index (Phi) is 3.57. The van der Waals surface area contributed by atoms with E-state index in [-0.39, 0.29) is 11.7 Å². The van der Waals surface area contributed by atoms with Crippen LogP contribution in [0.15, 0.2) is 24.3 Å². The monoisotopic (exact) mass is 247 g/mol. The first kappa shape index (κ1) is 12.9. The molecule has 1 aliphatic rings. The molecular formula is C14H21N3O. The van der Waals surface area contributed by atoms with E-state index in [1.165, 1.54) is 0 Å². The highest BCUT2D eigenvalue weighted by molar-refractivity contribution is 5.93. The molecule has 1 saturated heterocycles. The predicted molar refractivity (Wildman–Crippen MR) is 73.3 cm³/mol. The van der Waals surface area contributed by atoms with Crippen LogP contribution in [0.3, 0.4) is 0 Å². The average Bonchev–Trinajstić information content (AvgIpc) is 2.68. The number of carbonyl (C=O) groups excluding carboxylic acids is 1. The summed E-state index contributed by atoms with van der Waals surface area (Å²) in [6.45, 7) is 6.24. The van der Waals surface area contributed by atoms with Crippen LogP contribution in [0.2, 0.25) is 0 Å². The number of nitrogens with zero attached hydrogens (tertiary/aromatic N) is 1. The minimum absolute atomic E-state index is 0.0732. The van der Waals surface area contributed by atoms with Crippen molar-refractivity contribution in [1.29, 1.82) is 0 Å². The van der Waals surface area contributed by atoms with Crippen LogP contribution in [0, 0.1) is 6.92 Å². The molecule has 1 aliphatic heterocycles. The van der Waals surface area contributed by atoms with Gasteiger partial charge in [-0.05, 0) is 37.5 Å². The van der Waals surface area contributed by atoms with Gasteiger partial charge in [0.1, 0.15) is 5.66 Å². The van der Waals surface area contributed by atoms with Crippen molar-refractivity contribution in [3.05, 3.63) is 29.8 Å². The Hall–Kier alpha value is -1.55. The number of amides is 2. The van der Waals surface area contributed by atoms with Crippen molar-refractivity contribution in [2.75, 3.05) is 5.01 Å². The molecule has 0 saturated carbocycles. The van der Waals surface area contributed by atoms with Gasteiger partial charge in [-0.1, -0.05) is 32.4 Å². The van der Waals surface area contributed by atoms with E-state index in [9.17, 15) is 4.79 Å². The molecule has 2 amide bonds. The average molecular weight is 247 g/mol. The second-order valence-corrected chi connectivity index (χ2v) is 4.90. The van der Waals surface area contributed by atoms with E-state index in [1.807, 2.05) is 31.2 Å². The fourth-order valence-electron chi connectivity index (χ4n) is 2.39. The first-order valence-corrected chi connectivity index (χ1v) is 6.57. The van der Waals surface area contributed by atoms with E-state index in [4.69, 9.17) is 0 Å². The van der Waals surface area contributed by atoms with Crippen LogP contribution >= 0.6 is 0 Å². The van der Waals surface area contributed by atoms with Crippen molar-refractivity contribution in [2.45, 2.75) is 45.7 Å². The van der Waals surface area contributed by atoms with Gasteiger partial charge in [0, 0.05) is 0 Å². The normalized spacial score (nSPS) is 23.3. The van der Waals surface area contributed by atoms with Crippen LogP contribution in [0.1, 0.15) is 38.7 Å². The molecule has 2 N–H and O–H groups in total. The maximum atomic E-state index is 12.1. The summed E-state index contributed by atoms with van der Waals surface area (Å²) in [6, 6.07) is 7.86. The SMILES string of the molecule is CCCC1(CC)NC(=O)N(c2cccc(C)c2)N1. The minimum atomic E-state index is -0.296. The maximum absolute atomic E-state index is 12.1. The van der Waals surface area contributed by atoms with Gasteiger partial charge < -0.3 is 5.32 Å². The number of urea groups is 1. The number of hydrogen-bond donors (Lipinski definition) is 2. The zero-order valence-corrected chi connectivity index (χ0v) is 11.3. The molecule has 1 atom stereocenters. The second-order valence-electron chi connectivity index (χ2n) is 4.90. The fourth-order valence-corrected chi connectivity index (χ4v) is 2.39. The third-order valence-electron chi connectivity index (χ3n) is 3.42. The number of rotatable bonds is 4. The molecule has 4 nitrogen and oxygen atoms in total. The van der Waals surface area contributed by atoms with E-state index in [0.29, 0.717) is 0 Å². The maximum Gasteiger partial charge on any atom is 0.338 e. The molecule has 0 radical (unpaired) electrons. The van der Waals surface area contributed by atoms with Crippen molar-refractivity contribution in [1.82, 2.24) is 10.7 Å². The Bertz CT molecular complexity index is 446. The molecule has 0 aliphatic carbocycles. The van der Waals surface area contributed by atoms with Gasteiger partial charge in [0.05, 0.1) is 5.69 Å². The van der Waals surface area contributed by atoms with Crippen molar-refractivity contribution in [3.8, 4) is 0 Å². The van der Waals surface area contributed by atoms with E-state index in [2.05, 4.69) is 24.6 Å². The summed E-state index contributed by atoms with van der Waals surface area (Å²) < 4.78 is 0.